The molecule has 0 saturated heterocycles. The summed E-state index contributed by atoms with van der Waals surface area (Å²) in [6, 6.07) is 8.30. The van der Waals surface area contributed by atoms with Gasteiger partial charge in [-0.15, -0.1) is 7.92 Å². The highest BCUT2D eigenvalue weighted by molar-refractivity contribution is 7.57. The molecule has 1 N–H and O–H groups in total. The van der Waals surface area contributed by atoms with E-state index in [4.69, 9.17) is 5.11 Å². The maximum Gasteiger partial charge on any atom is 0.335 e. The fraction of sp³-hybridized carbons (Fsp3) is 0.720. The van der Waals surface area contributed by atoms with E-state index in [0.29, 0.717) is 13.5 Å². The van der Waals surface area contributed by atoms with Crippen LogP contribution < -0.4 is 0 Å². The number of carbonyl (C=O) groups is 1. The van der Waals surface area contributed by atoms with Gasteiger partial charge in [-0.05, 0) is 49.9 Å². The molecule has 0 bridgehead atoms. The number of hydrogen-bond donors (Lipinski definition) is 1. The summed E-state index contributed by atoms with van der Waals surface area (Å²) in [5, 5.41) is 8.38. The molecule has 1 aromatic carbocycles. The Morgan fingerprint density at radius 3 is 1.36 bits per heavy atom. The van der Waals surface area contributed by atoms with Crippen LogP contribution in [0.2, 0.25) is 0 Å². The van der Waals surface area contributed by atoms with Gasteiger partial charge in [0.15, 0.2) is 0 Å². The van der Waals surface area contributed by atoms with Crippen LogP contribution in [0, 0.1) is 0 Å². The Morgan fingerprint density at radius 1 is 0.679 bits per heavy atom. The molecule has 3 heteroatoms. The molecule has 2 nitrogen and oxygen atoms in total. The van der Waals surface area contributed by atoms with Gasteiger partial charge in [0.2, 0.25) is 0 Å². The second kappa shape index (κ2) is 20.8. The first-order chi connectivity index (χ1) is 13.7. The van der Waals surface area contributed by atoms with Crippen LogP contribution in [0.25, 0.3) is 0 Å². The van der Waals surface area contributed by atoms with Crippen molar-refractivity contribution in [3.8, 4) is 0 Å². The van der Waals surface area contributed by atoms with Crippen LogP contribution in [0.4, 0.5) is 0 Å². The molecule has 0 radical (unpaired) electrons. The first-order valence-corrected chi connectivity index (χ1v) is 13.6. The van der Waals surface area contributed by atoms with Gasteiger partial charge in [-0.25, -0.2) is 4.79 Å². The summed E-state index contributed by atoms with van der Waals surface area (Å²) in [5.74, 6) is -0.879. The number of carboxylic acid groups (broad SMARTS) is 1. The third-order valence-electron chi connectivity index (χ3n) is 5.00. The SMILES string of the molecule is CCCCCCP(CCCCCC)CCCCCC.O=C(O)c1ccccc1. The molecule has 1 aromatic rings. The Morgan fingerprint density at radius 2 is 1.07 bits per heavy atom. The van der Waals surface area contributed by atoms with E-state index in [0.717, 1.165) is 0 Å². The van der Waals surface area contributed by atoms with Crippen molar-refractivity contribution in [1.82, 2.24) is 0 Å². The van der Waals surface area contributed by atoms with E-state index in [1.807, 2.05) is 0 Å². The standard InChI is InChI=1S/C18H39P.C7H6O2/c1-4-7-10-13-16-19(17-14-11-8-5-2)18-15-12-9-6-3;8-7(9)6-4-2-1-3-5-6/h4-18H2,1-3H3;1-5H,(H,8,9). The highest BCUT2D eigenvalue weighted by Crippen LogP contribution is 2.39. The lowest BCUT2D eigenvalue weighted by atomic mass is 10.2. The molecule has 28 heavy (non-hydrogen) atoms. The van der Waals surface area contributed by atoms with Crippen LogP contribution in [0.15, 0.2) is 30.3 Å². The monoisotopic (exact) mass is 408 g/mol. The summed E-state index contributed by atoms with van der Waals surface area (Å²) in [6.07, 6.45) is 22.2. The van der Waals surface area contributed by atoms with Crippen molar-refractivity contribution in [2.24, 2.45) is 0 Å². The van der Waals surface area contributed by atoms with Crippen molar-refractivity contribution in [3.05, 3.63) is 35.9 Å². The summed E-state index contributed by atoms with van der Waals surface area (Å²) in [4.78, 5) is 10.2. The minimum Gasteiger partial charge on any atom is -0.478 e. The van der Waals surface area contributed by atoms with Crippen molar-refractivity contribution < 1.29 is 9.90 Å². The van der Waals surface area contributed by atoms with E-state index < -0.39 is 5.97 Å². The molecule has 0 atom stereocenters. The lowest BCUT2D eigenvalue weighted by Gasteiger charge is -2.17. The van der Waals surface area contributed by atoms with Crippen molar-refractivity contribution in [1.29, 1.82) is 0 Å². The summed E-state index contributed by atoms with van der Waals surface area (Å²) in [5.41, 5.74) is 0.331. The molecule has 0 amide bonds. The van der Waals surface area contributed by atoms with Crippen LogP contribution in [-0.4, -0.2) is 29.6 Å². The zero-order valence-corrected chi connectivity index (χ0v) is 19.7. The molecular formula is C25H45O2P. The average molecular weight is 409 g/mol. The number of benzene rings is 1. The second-order valence-corrected chi connectivity index (χ2v) is 10.4. The molecule has 0 aliphatic heterocycles. The zero-order chi connectivity index (χ0) is 20.9. The van der Waals surface area contributed by atoms with Gasteiger partial charge >= 0.3 is 5.97 Å². The quantitative estimate of drug-likeness (QED) is 0.220. The maximum absolute atomic E-state index is 10.2. The van der Waals surface area contributed by atoms with Crippen molar-refractivity contribution in [3.63, 3.8) is 0 Å². The molecule has 162 valence electrons. The van der Waals surface area contributed by atoms with Crippen LogP contribution >= 0.6 is 7.92 Å². The topological polar surface area (TPSA) is 37.3 Å². The smallest absolute Gasteiger partial charge is 0.335 e. The molecule has 1 rings (SSSR count). The van der Waals surface area contributed by atoms with Gasteiger partial charge in [-0.3, -0.25) is 0 Å². The number of unbranched alkanes of at least 4 members (excludes halogenated alkanes) is 9. The van der Waals surface area contributed by atoms with Gasteiger partial charge in [-0.2, -0.15) is 0 Å². The summed E-state index contributed by atoms with van der Waals surface area (Å²) < 4.78 is 0. The lowest BCUT2D eigenvalue weighted by molar-refractivity contribution is 0.0697. The van der Waals surface area contributed by atoms with Crippen LogP contribution in [0.1, 0.15) is 108 Å². The Kier molecular flexibility index (Phi) is 20.2. The molecule has 0 unspecified atom stereocenters. The van der Waals surface area contributed by atoms with Gasteiger partial charge in [0.1, 0.15) is 0 Å². The summed E-state index contributed by atoms with van der Waals surface area (Å²) >= 11 is 0. The summed E-state index contributed by atoms with van der Waals surface area (Å²) in [6.45, 7) is 6.95. The molecule has 0 saturated carbocycles. The Hall–Kier alpha value is -0.880. The number of aromatic carboxylic acids is 1. The minimum absolute atomic E-state index is 0.331. The third kappa shape index (κ3) is 17.2. The van der Waals surface area contributed by atoms with Gasteiger partial charge in [-0.1, -0.05) is 96.8 Å². The molecular weight excluding hydrogens is 363 g/mol. The Labute approximate surface area is 176 Å². The molecule has 0 aliphatic rings. The van der Waals surface area contributed by atoms with Gasteiger partial charge in [0.05, 0.1) is 5.56 Å². The van der Waals surface area contributed by atoms with Crippen molar-refractivity contribution in [2.45, 2.75) is 97.8 Å². The van der Waals surface area contributed by atoms with Crippen molar-refractivity contribution in [2.75, 3.05) is 18.5 Å². The average Bonchev–Trinajstić information content (AvgIpc) is 2.72. The molecule has 0 aromatic heterocycles. The predicted octanol–water partition coefficient (Wildman–Crippen LogP) is 8.59. The molecule has 0 heterocycles. The first kappa shape index (κ1) is 27.1. The zero-order valence-electron chi connectivity index (χ0n) is 18.8. The predicted molar refractivity (Wildman–Crippen MR) is 127 cm³/mol. The highest BCUT2D eigenvalue weighted by atomic mass is 31.1. The van der Waals surface area contributed by atoms with E-state index in [2.05, 4.69) is 20.8 Å². The molecule has 0 spiro atoms. The first-order valence-electron chi connectivity index (χ1n) is 11.7. The second-order valence-electron chi connectivity index (χ2n) is 7.69. The van der Waals surface area contributed by atoms with Crippen LogP contribution in [0.5, 0.6) is 0 Å². The van der Waals surface area contributed by atoms with Gasteiger partial charge < -0.3 is 5.11 Å². The molecule has 0 aliphatic carbocycles. The van der Waals surface area contributed by atoms with E-state index in [1.165, 1.54) is 77.0 Å². The van der Waals surface area contributed by atoms with E-state index in [9.17, 15) is 4.79 Å². The highest BCUT2D eigenvalue weighted by Gasteiger charge is 2.07. The Balaban J connectivity index is 0.000000668. The Bertz CT molecular complexity index is 419. The van der Waals surface area contributed by atoms with E-state index in [1.54, 1.807) is 48.8 Å². The number of carboxylic acids is 1. The third-order valence-corrected chi connectivity index (χ3v) is 7.85. The fourth-order valence-corrected chi connectivity index (χ4v) is 5.89. The van der Waals surface area contributed by atoms with E-state index >= 15 is 0 Å². The minimum atomic E-state index is -0.879. The fourth-order valence-electron chi connectivity index (χ4n) is 3.20. The van der Waals surface area contributed by atoms with Crippen LogP contribution in [-0.2, 0) is 0 Å². The normalized spacial score (nSPS) is 10.6. The van der Waals surface area contributed by atoms with Crippen LogP contribution in [0.3, 0.4) is 0 Å². The van der Waals surface area contributed by atoms with Gasteiger partial charge in [0, 0.05) is 0 Å². The maximum atomic E-state index is 10.2. The number of hydrogen-bond acceptors (Lipinski definition) is 1. The number of rotatable bonds is 16. The summed E-state index contributed by atoms with van der Waals surface area (Å²) in [7, 11) is 0.389. The van der Waals surface area contributed by atoms with E-state index in [-0.39, 0.29) is 0 Å². The van der Waals surface area contributed by atoms with Crippen molar-refractivity contribution >= 4 is 13.9 Å². The molecule has 0 fully saturated rings. The van der Waals surface area contributed by atoms with Gasteiger partial charge in [0.25, 0.3) is 0 Å². The largest absolute Gasteiger partial charge is 0.478 e. The lowest BCUT2D eigenvalue weighted by Crippen LogP contribution is -1.97.